The van der Waals surface area contributed by atoms with Crippen molar-refractivity contribution in [3.63, 3.8) is 0 Å². The van der Waals surface area contributed by atoms with Crippen LogP contribution in [-0.4, -0.2) is 49.2 Å². The van der Waals surface area contributed by atoms with Gasteiger partial charge in [-0.1, -0.05) is 27.7 Å². The van der Waals surface area contributed by atoms with E-state index in [0.29, 0.717) is 12.0 Å². The Kier molecular flexibility index (Phi) is 6.96. The second-order valence-electron chi connectivity index (χ2n) is 6.34. The SMILES string of the molecule is CCNC1(C(=O)OC)CCCC(N(CC)CC(C)C)C1. The Labute approximate surface area is 124 Å². The zero-order valence-corrected chi connectivity index (χ0v) is 13.9. The Hall–Kier alpha value is -0.610. The largest absolute Gasteiger partial charge is 0.468 e. The summed E-state index contributed by atoms with van der Waals surface area (Å²) in [6.07, 6.45) is 4.03. The lowest BCUT2D eigenvalue weighted by atomic mass is 9.78. The van der Waals surface area contributed by atoms with Gasteiger partial charge < -0.3 is 15.0 Å². The van der Waals surface area contributed by atoms with Crippen molar-refractivity contribution in [3.05, 3.63) is 0 Å². The van der Waals surface area contributed by atoms with E-state index in [1.165, 1.54) is 13.5 Å². The molecule has 1 saturated carbocycles. The number of ether oxygens (including phenoxy) is 1. The minimum absolute atomic E-state index is 0.0929. The molecule has 4 heteroatoms. The van der Waals surface area contributed by atoms with Gasteiger partial charge in [0.25, 0.3) is 0 Å². The number of rotatable bonds is 7. The van der Waals surface area contributed by atoms with Crippen LogP contribution in [0.2, 0.25) is 0 Å². The quantitative estimate of drug-likeness (QED) is 0.729. The third-order valence-corrected chi connectivity index (χ3v) is 4.34. The number of carbonyl (C=O) groups is 1. The summed E-state index contributed by atoms with van der Waals surface area (Å²) in [6.45, 7) is 11.7. The van der Waals surface area contributed by atoms with E-state index in [0.717, 1.165) is 38.9 Å². The molecule has 0 aromatic carbocycles. The molecular weight excluding hydrogens is 252 g/mol. The molecule has 0 aromatic heterocycles. The second-order valence-corrected chi connectivity index (χ2v) is 6.34. The van der Waals surface area contributed by atoms with Crippen molar-refractivity contribution < 1.29 is 9.53 Å². The lowest BCUT2D eigenvalue weighted by molar-refractivity contribution is -0.151. The van der Waals surface area contributed by atoms with Gasteiger partial charge in [0, 0.05) is 12.6 Å². The number of hydrogen-bond donors (Lipinski definition) is 1. The molecule has 118 valence electrons. The lowest BCUT2D eigenvalue weighted by Gasteiger charge is -2.43. The van der Waals surface area contributed by atoms with E-state index in [9.17, 15) is 4.79 Å². The van der Waals surface area contributed by atoms with Crippen LogP contribution < -0.4 is 5.32 Å². The smallest absolute Gasteiger partial charge is 0.326 e. The highest BCUT2D eigenvalue weighted by molar-refractivity contribution is 5.81. The van der Waals surface area contributed by atoms with Crippen molar-refractivity contribution in [2.45, 2.75) is 65.0 Å². The van der Waals surface area contributed by atoms with Gasteiger partial charge in [0.2, 0.25) is 0 Å². The standard InChI is InChI=1S/C16H32N2O2/c1-6-17-16(15(19)20-5)10-8-9-14(11-16)18(7-2)12-13(3)4/h13-14,17H,6-12H2,1-5H3. The van der Waals surface area contributed by atoms with Crippen molar-refractivity contribution in [1.29, 1.82) is 0 Å². The zero-order valence-electron chi connectivity index (χ0n) is 13.9. The molecule has 0 amide bonds. The fraction of sp³-hybridized carbons (Fsp3) is 0.938. The number of esters is 1. The third kappa shape index (κ3) is 4.19. The minimum Gasteiger partial charge on any atom is -0.468 e. The summed E-state index contributed by atoms with van der Waals surface area (Å²) in [5.74, 6) is 0.563. The maximum atomic E-state index is 12.3. The van der Waals surface area contributed by atoms with E-state index in [1.54, 1.807) is 0 Å². The first-order valence-corrected chi connectivity index (χ1v) is 8.06. The van der Waals surface area contributed by atoms with Crippen molar-refractivity contribution in [2.24, 2.45) is 5.92 Å². The lowest BCUT2D eigenvalue weighted by Crippen LogP contribution is -2.59. The van der Waals surface area contributed by atoms with Gasteiger partial charge in [-0.15, -0.1) is 0 Å². The normalized spacial score (nSPS) is 27.1. The minimum atomic E-state index is -0.475. The number of methoxy groups -OCH3 is 1. The number of nitrogens with zero attached hydrogens (tertiary/aromatic N) is 1. The van der Waals surface area contributed by atoms with E-state index in [4.69, 9.17) is 4.74 Å². The zero-order chi connectivity index (χ0) is 15.2. The van der Waals surface area contributed by atoms with Gasteiger partial charge in [-0.25, -0.2) is 0 Å². The molecule has 2 atom stereocenters. The molecule has 0 radical (unpaired) electrons. The molecule has 0 heterocycles. The van der Waals surface area contributed by atoms with E-state index >= 15 is 0 Å². The summed E-state index contributed by atoms with van der Waals surface area (Å²) in [5.41, 5.74) is -0.475. The molecular formula is C16H32N2O2. The van der Waals surface area contributed by atoms with Crippen molar-refractivity contribution in [2.75, 3.05) is 26.7 Å². The molecule has 0 spiro atoms. The van der Waals surface area contributed by atoms with Crippen molar-refractivity contribution in [1.82, 2.24) is 10.2 Å². The van der Waals surface area contributed by atoms with Crippen LogP contribution in [0.25, 0.3) is 0 Å². The molecule has 1 rings (SSSR count). The Morgan fingerprint density at radius 1 is 1.45 bits per heavy atom. The predicted molar refractivity (Wildman–Crippen MR) is 82.8 cm³/mol. The number of carbonyl (C=O) groups excluding carboxylic acids is 1. The molecule has 0 saturated heterocycles. The van der Waals surface area contributed by atoms with Crippen LogP contribution in [0.15, 0.2) is 0 Å². The molecule has 4 nitrogen and oxygen atoms in total. The van der Waals surface area contributed by atoms with Crippen LogP contribution in [0.3, 0.4) is 0 Å². The average Bonchev–Trinajstić information content (AvgIpc) is 2.44. The first-order valence-electron chi connectivity index (χ1n) is 8.06. The number of likely N-dealkylation sites (N-methyl/N-ethyl adjacent to an activating group) is 1. The summed E-state index contributed by atoms with van der Waals surface area (Å²) >= 11 is 0. The van der Waals surface area contributed by atoms with Gasteiger partial charge in [-0.3, -0.25) is 4.79 Å². The van der Waals surface area contributed by atoms with Crippen LogP contribution in [0.5, 0.6) is 0 Å². The molecule has 1 aliphatic carbocycles. The number of hydrogen-bond acceptors (Lipinski definition) is 4. The van der Waals surface area contributed by atoms with Crippen LogP contribution in [0.4, 0.5) is 0 Å². The molecule has 0 bridgehead atoms. The first-order chi connectivity index (χ1) is 9.49. The summed E-state index contributed by atoms with van der Waals surface area (Å²) in [6, 6.07) is 0.481. The fourth-order valence-corrected chi connectivity index (χ4v) is 3.51. The summed E-state index contributed by atoms with van der Waals surface area (Å²) in [4.78, 5) is 14.8. The highest BCUT2D eigenvalue weighted by Gasteiger charge is 2.44. The van der Waals surface area contributed by atoms with Crippen LogP contribution >= 0.6 is 0 Å². The maximum absolute atomic E-state index is 12.3. The Morgan fingerprint density at radius 2 is 2.15 bits per heavy atom. The van der Waals surface area contributed by atoms with Gasteiger partial charge in [-0.05, 0) is 44.7 Å². The topological polar surface area (TPSA) is 41.6 Å². The van der Waals surface area contributed by atoms with E-state index in [-0.39, 0.29) is 5.97 Å². The van der Waals surface area contributed by atoms with Gasteiger partial charge in [0.05, 0.1) is 7.11 Å². The van der Waals surface area contributed by atoms with Gasteiger partial charge in [0.1, 0.15) is 5.54 Å². The third-order valence-electron chi connectivity index (χ3n) is 4.34. The first kappa shape index (κ1) is 17.4. The highest BCUT2D eigenvalue weighted by Crippen LogP contribution is 2.32. The molecule has 1 fully saturated rings. The van der Waals surface area contributed by atoms with Crippen molar-refractivity contribution >= 4 is 5.97 Å². The van der Waals surface area contributed by atoms with E-state index in [1.807, 2.05) is 0 Å². The van der Waals surface area contributed by atoms with E-state index in [2.05, 4.69) is 37.9 Å². The van der Waals surface area contributed by atoms with Gasteiger partial charge in [-0.2, -0.15) is 0 Å². The fourth-order valence-electron chi connectivity index (χ4n) is 3.51. The van der Waals surface area contributed by atoms with Crippen LogP contribution in [0.1, 0.15) is 53.4 Å². The molecule has 1 aliphatic rings. The molecule has 0 aromatic rings. The summed E-state index contributed by atoms with van der Waals surface area (Å²) in [5, 5.41) is 3.41. The number of nitrogens with one attached hydrogen (secondary N) is 1. The predicted octanol–water partition coefficient (Wildman–Crippen LogP) is 2.43. The molecule has 0 aliphatic heterocycles. The second kappa shape index (κ2) is 7.99. The molecule has 2 unspecified atom stereocenters. The van der Waals surface area contributed by atoms with Crippen LogP contribution in [-0.2, 0) is 9.53 Å². The maximum Gasteiger partial charge on any atom is 0.326 e. The van der Waals surface area contributed by atoms with Crippen molar-refractivity contribution in [3.8, 4) is 0 Å². The van der Waals surface area contributed by atoms with Crippen LogP contribution in [0, 0.1) is 5.92 Å². The van der Waals surface area contributed by atoms with E-state index < -0.39 is 5.54 Å². The average molecular weight is 284 g/mol. The Morgan fingerprint density at radius 3 is 2.65 bits per heavy atom. The molecule has 20 heavy (non-hydrogen) atoms. The Bertz CT molecular complexity index is 303. The van der Waals surface area contributed by atoms with Gasteiger partial charge in [0.15, 0.2) is 0 Å². The Balaban J connectivity index is 2.83. The highest BCUT2D eigenvalue weighted by atomic mass is 16.5. The summed E-state index contributed by atoms with van der Waals surface area (Å²) in [7, 11) is 1.50. The molecule has 1 N–H and O–H groups in total. The van der Waals surface area contributed by atoms with Gasteiger partial charge >= 0.3 is 5.97 Å². The summed E-state index contributed by atoms with van der Waals surface area (Å²) < 4.78 is 5.07. The monoisotopic (exact) mass is 284 g/mol.